The molecule has 0 saturated carbocycles. The van der Waals surface area contributed by atoms with E-state index in [-0.39, 0.29) is 5.56 Å². The topological polar surface area (TPSA) is 99.1 Å². The number of hydrazone groups is 1. The summed E-state index contributed by atoms with van der Waals surface area (Å²) < 4.78 is 4.10. The van der Waals surface area contributed by atoms with Crippen molar-refractivity contribution in [2.24, 2.45) is 19.2 Å². The predicted octanol–water partition coefficient (Wildman–Crippen LogP) is 0.295. The van der Waals surface area contributed by atoms with Gasteiger partial charge in [0, 0.05) is 26.8 Å². The number of rotatable bonds is 4. The fraction of sp³-hybridized carbons (Fsp3) is 0.267. The van der Waals surface area contributed by atoms with Crippen molar-refractivity contribution in [2.45, 2.75) is 13.5 Å². The summed E-state index contributed by atoms with van der Waals surface area (Å²) in [5, 5.41) is 4.10. The Bertz CT molecular complexity index is 1030. The number of hydrogen-bond donors (Lipinski definition) is 1. The lowest BCUT2D eigenvalue weighted by Crippen LogP contribution is -2.37. The van der Waals surface area contributed by atoms with Gasteiger partial charge in [0.1, 0.15) is 0 Å². The highest BCUT2D eigenvalue weighted by Gasteiger charge is 2.17. The van der Waals surface area contributed by atoms with Gasteiger partial charge in [-0.1, -0.05) is 6.07 Å². The predicted molar refractivity (Wildman–Crippen MR) is 91.3 cm³/mol. The molecule has 0 aliphatic carbocycles. The molecule has 9 heteroatoms. The molecule has 0 fully saturated rings. The summed E-state index contributed by atoms with van der Waals surface area (Å²) in [5.41, 5.74) is 3.37. The number of aromatic nitrogens is 5. The first-order chi connectivity index (χ1) is 11.5. The van der Waals surface area contributed by atoms with E-state index in [1.807, 2.05) is 25.1 Å². The SMILES string of the molecule is CCn1c(NN=Cc2ccccn2)nc2c1c(=O)n(C)c(=O)n2C. The molecule has 124 valence electrons. The van der Waals surface area contributed by atoms with Crippen LogP contribution in [0.3, 0.4) is 0 Å². The van der Waals surface area contributed by atoms with Gasteiger partial charge in [-0.2, -0.15) is 10.1 Å². The molecule has 9 nitrogen and oxygen atoms in total. The van der Waals surface area contributed by atoms with Crippen LogP contribution in [0.25, 0.3) is 11.2 Å². The zero-order valence-electron chi connectivity index (χ0n) is 13.6. The Morgan fingerprint density at radius 3 is 2.71 bits per heavy atom. The van der Waals surface area contributed by atoms with E-state index in [1.54, 1.807) is 24.0 Å². The second-order valence-electron chi connectivity index (χ2n) is 5.18. The van der Waals surface area contributed by atoms with E-state index >= 15 is 0 Å². The van der Waals surface area contributed by atoms with E-state index in [9.17, 15) is 9.59 Å². The molecule has 0 atom stereocenters. The zero-order valence-corrected chi connectivity index (χ0v) is 13.6. The first-order valence-corrected chi connectivity index (χ1v) is 7.41. The number of fused-ring (bicyclic) bond motifs is 1. The molecule has 3 heterocycles. The largest absolute Gasteiger partial charge is 0.332 e. The first kappa shape index (κ1) is 15.7. The van der Waals surface area contributed by atoms with Gasteiger partial charge in [-0.3, -0.25) is 18.9 Å². The average molecular weight is 327 g/mol. The molecular weight excluding hydrogens is 310 g/mol. The van der Waals surface area contributed by atoms with Gasteiger partial charge in [0.05, 0.1) is 11.9 Å². The Morgan fingerprint density at radius 2 is 2.04 bits per heavy atom. The van der Waals surface area contributed by atoms with Gasteiger partial charge in [0.15, 0.2) is 11.2 Å². The molecule has 3 aromatic rings. The number of pyridine rings is 1. The third-order valence-corrected chi connectivity index (χ3v) is 3.71. The maximum absolute atomic E-state index is 12.4. The lowest BCUT2D eigenvalue weighted by molar-refractivity contribution is 0.700. The molecule has 0 saturated heterocycles. The number of nitrogens with zero attached hydrogens (tertiary/aromatic N) is 6. The summed E-state index contributed by atoms with van der Waals surface area (Å²) >= 11 is 0. The summed E-state index contributed by atoms with van der Waals surface area (Å²) in [6, 6.07) is 5.49. The maximum atomic E-state index is 12.4. The molecule has 0 aliphatic heterocycles. The second kappa shape index (κ2) is 6.11. The van der Waals surface area contributed by atoms with Crippen molar-refractivity contribution < 1.29 is 0 Å². The van der Waals surface area contributed by atoms with Gasteiger partial charge in [-0.25, -0.2) is 10.2 Å². The van der Waals surface area contributed by atoms with Crippen LogP contribution in [0.15, 0.2) is 39.1 Å². The zero-order chi connectivity index (χ0) is 17.3. The van der Waals surface area contributed by atoms with Crippen molar-refractivity contribution in [2.75, 3.05) is 5.43 Å². The molecule has 0 bridgehead atoms. The third kappa shape index (κ3) is 2.49. The van der Waals surface area contributed by atoms with Crippen molar-refractivity contribution in [1.29, 1.82) is 0 Å². The minimum absolute atomic E-state index is 0.320. The number of anilines is 1. The van der Waals surface area contributed by atoms with Crippen molar-refractivity contribution in [1.82, 2.24) is 23.7 Å². The molecule has 0 radical (unpaired) electrons. The summed E-state index contributed by atoms with van der Waals surface area (Å²) in [6.07, 6.45) is 3.22. The highest BCUT2D eigenvalue weighted by atomic mass is 16.2. The van der Waals surface area contributed by atoms with E-state index in [4.69, 9.17) is 0 Å². The number of nitrogens with one attached hydrogen (secondary N) is 1. The van der Waals surface area contributed by atoms with E-state index in [2.05, 4.69) is 20.5 Å². The van der Waals surface area contributed by atoms with Gasteiger partial charge in [0.25, 0.3) is 5.56 Å². The maximum Gasteiger partial charge on any atom is 0.332 e. The smallest absolute Gasteiger partial charge is 0.303 e. The van der Waals surface area contributed by atoms with E-state index in [1.165, 1.54) is 11.6 Å². The molecule has 3 aromatic heterocycles. The minimum atomic E-state index is -0.420. The van der Waals surface area contributed by atoms with Gasteiger partial charge >= 0.3 is 5.69 Å². The Kier molecular flexibility index (Phi) is 3.98. The van der Waals surface area contributed by atoms with Crippen LogP contribution in [0.1, 0.15) is 12.6 Å². The fourth-order valence-electron chi connectivity index (χ4n) is 2.45. The van der Waals surface area contributed by atoms with Crippen molar-refractivity contribution in [3.8, 4) is 0 Å². The molecule has 0 unspecified atom stereocenters. The standard InChI is InChI=1S/C15H17N7O2/c1-4-22-11-12(20(2)15(24)21(3)13(11)23)18-14(22)19-17-9-10-7-5-6-8-16-10/h5-9H,4H2,1-3H3,(H,18,19). The van der Waals surface area contributed by atoms with Crippen LogP contribution in [-0.2, 0) is 20.6 Å². The highest BCUT2D eigenvalue weighted by molar-refractivity contribution is 5.78. The summed E-state index contributed by atoms with van der Waals surface area (Å²) in [7, 11) is 3.03. The van der Waals surface area contributed by atoms with Gasteiger partial charge < -0.3 is 4.57 Å². The molecular formula is C15H17N7O2. The van der Waals surface area contributed by atoms with E-state index in [0.29, 0.717) is 29.4 Å². The quantitative estimate of drug-likeness (QED) is 0.549. The minimum Gasteiger partial charge on any atom is -0.303 e. The number of hydrogen-bond acceptors (Lipinski definition) is 6. The number of aryl methyl sites for hydroxylation is 2. The fourth-order valence-corrected chi connectivity index (χ4v) is 2.45. The summed E-state index contributed by atoms with van der Waals surface area (Å²) in [4.78, 5) is 32.9. The van der Waals surface area contributed by atoms with Gasteiger partial charge in [-0.15, -0.1) is 0 Å². The molecule has 3 rings (SSSR count). The van der Waals surface area contributed by atoms with Crippen LogP contribution in [0, 0.1) is 0 Å². The Morgan fingerprint density at radius 1 is 1.25 bits per heavy atom. The van der Waals surface area contributed by atoms with Crippen molar-refractivity contribution in [3.05, 3.63) is 50.9 Å². The van der Waals surface area contributed by atoms with E-state index < -0.39 is 5.69 Å². The van der Waals surface area contributed by atoms with Gasteiger partial charge in [0.2, 0.25) is 5.95 Å². The molecule has 0 spiro atoms. The Balaban J connectivity index is 2.08. The Hall–Kier alpha value is -3.23. The average Bonchev–Trinajstić information content (AvgIpc) is 2.97. The van der Waals surface area contributed by atoms with Crippen LogP contribution in [0.4, 0.5) is 5.95 Å². The highest BCUT2D eigenvalue weighted by Crippen LogP contribution is 2.15. The Labute approximate surface area is 136 Å². The van der Waals surface area contributed by atoms with Crippen LogP contribution in [-0.4, -0.2) is 29.9 Å². The second-order valence-corrected chi connectivity index (χ2v) is 5.18. The van der Waals surface area contributed by atoms with Crippen molar-refractivity contribution in [3.63, 3.8) is 0 Å². The normalized spacial score (nSPS) is 11.5. The van der Waals surface area contributed by atoms with Crippen LogP contribution >= 0.6 is 0 Å². The van der Waals surface area contributed by atoms with Crippen LogP contribution in [0.2, 0.25) is 0 Å². The van der Waals surface area contributed by atoms with Crippen molar-refractivity contribution >= 4 is 23.3 Å². The molecule has 0 amide bonds. The lowest BCUT2D eigenvalue weighted by atomic mass is 10.4. The number of imidazole rings is 1. The molecule has 0 aromatic carbocycles. The third-order valence-electron chi connectivity index (χ3n) is 3.71. The molecule has 0 aliphatic rings. The molecule has 24 heavy (non-hydrogen) atoms. The van der Waals surface area contributed by atoms with Gasteiger partial charge in [-0.05, 0) is 19.1 Å². The van der Waals surface area contributed by atoms with E-state index in [0.717, 1.165) is 4.57 Å². The molecule has 1 N–H and O–H groups in total. The van der Waals surface area contributed by atoms with Crippen LogP contribution in [0.5, 0.6) is 0 Å². The first-order valence-electron chi connectivity index (χ1n) is 7.41. The monoisotopic (exact) mass is 327 g/mol. The summed E-state index contributed by atoms with van der Waals surface area (Å²) in [5.74, 6) is 0.387. The lowest BCUT2D eigenvalue weighted by Gasteiger charge is -2.05. The summed E-state index contributed by atoms with van der Waals surface area (Å²) in [6.45, 7) is 2.39. The van der Waals surface area contributed by atoms with Crippen LogP contribution < -0.4 is 16.7 Å².